The van der Waals surface area contributed by atoms with Gasteiger partial charge < -0.3 is 0 Å². The molecule has 0 aliphatic heterocycles. The first kappa shape index (κ1) is 11.5. The average Bonchev–Trinajstić information content (AvgIpc) is 2.38. The monoisotopic (exact) mass is 225 g/mol. The van der Waals surface area contributed by atoms with Crippen LogP contribution in [-0.2, 0) is 0 Å². The van der Waals surface area contributed by atoms with Crippen LogP contribution in [0.2, 0.25) is 0 Å². The first-order valence-corrected chi connectivity index (χ1v) is 5.77. The van der Waals surface area contributed by atoms with Crippen molar-refractivity contribution in [2.24, 2.45) is 0 Å². The Kier molecular flexibility index (Phi) is 3.33. The average molecular weight is 225 g/mol. The Morgan fingerprint density at radius 3 is 2.71 bits per heavy atom. The zero-order chi connectivity index (χ0) is 12.3. The maximum Gasteiger partial charge on any atom is 0.163 e. The normalized spacial score (nSPS) is 10.2. The maximum atomic E-state index is 11.9. The van der Waals surface area contributed by atoms with Gasteiger partial charge in [0.05, 0.1) is 5.69 Å². The number of aryl methyl sites for hydroxylation is 1. The second kappa shape index (κ2) is 4.91. The van der Waals surface area contributed by atoms with Crippen LogP contribution in [0.5, 0.6) is 0 Å². The van der Waals surface area contributed by atoms with Crippen molar-refractivity contribution >= 4 is 5.78 Å². The number of ketones is 1. The summed E-state index contributed by atoms with van der Waals surface area (Å²) in [4.78, 5) is 16.2. The zero-order valence-electron chi connectivity index (χ0n) is 10.1. The summed E-state index contributed by atoms with van der Waals surface area (Å²) in [6.07, 6.45) is 2.26. The van der Waals surface area contributed by atoms with Crippen LogP contribution in [0.1, 0.15) is 29.3 Å². The summed E-state index contributed by atoms with van der Waals surface area (Å²) in [5.74, 6) is 0.161. The lowest BCUT2D eigenvalue weighted by atomic mass is 9.97. The lowest BCUT2D eigenvalue weighted by molar-refractivity contribution is 0.0988. The molecule has 0 saturated carbocycles. The molecular formula is C15H15NO. The van der Waals surface area contributed by atoms with Gasteiger partial charge in [0, 0.05) is 23.7 Å². The van der Waals surface area contributed by atoms with E-state index >= 15 is 0 Å². The summed E-state index contributed by atoms with van der Waals surface area (Å²) in [5.41, 5.74) is 3.64. The van der Waals surface area contributed by atoms with E-state index in [1.54, 1.807) is 6.20 Å². The van der Waals surface area contributed by atoms with E-state index in [-0.39, 0.29) is 5.78 Å². The van der Waals surface area contributed by atoms with Gasteiger partial charge in [0.15, 0.2) is 5.78 Å². The van der Waals surface area contributed by atoms with E-state index in [0.29, 0.717) is 6.42 Å². The van der Waals surface area contributed by atoms with Crippen LogP contribution < -0.4 is 0 Å². The Balaban J connectivity index is 2.58. The quantitative estimate of drug-likeness (QED) is 0.746. The van der Waals surface area contributed by atoms with Gasteiger partial charge >= 0.3 is 0 Å². The SMILES string of the molecule is CCC(=O)c1cc(C)ccc1-c1ccccn1. The fourth-order valence-electron chi connectivity index (χ4n) is 1.82. The lowest BCUT2D eigenvalue weighted by Gasteiger charge is -2.08. The number of carbonyl (C=O) groups is 1. The smallest absolute Gasteiger partial charge is 0.163 e. The number of aromatic nitrogens is 1. The fourth-order valence-corrected chi connectivity index (χ4v) is 1.82. The fraction of sp³-hybridized carbons (Fsp3) is 0.200. The first-order valence-electron chi connectivity index (χ1n) is 5.77. The third-order valence-electron chi connectivity index (χ3n) is 2.74. The van der Waals surface area contributed by atoms with E-state index < -0.39 is 0 Å². The van der Waals surface area contributed by atoms with Crippen LogP contribution in [0.4, 0.5) is 0 Å². The van der Waals surface area contributed by atoms with Crippen molar-refractivity contribution in [3.05, 3.63) is 53.7 Å². The molecule has 0 spiro atoms. The molecule has 1 aromatic heterocycles. The van der Waals surface area contributed by atoms with Gasteiger partial charge in [-0.05, 0) is 25.1 Å². The predicted octanol–water partition coefficient (Wildman–Crippen LogP) is 3.65. The van der Waals surface area contributed by atoms with Gasteiger partial charge in [-0.2, -0.15) is 0 Å². The van der Waals surface area contributed by atoms with E-state index in [2.05, 4.69) is 4.98 Å². The molecule has 1 heterocycles. The van der Waals surface area contributed by atoms with Gasteiger partial charge in [-0.15, -0.1) is 0 Å². The molecule has 2 rings (SSSR count). The van der Waals surface area contributed by atoms with Crippen molar-refractivity contribution in [1.82, 2.24) is 4.98 Å². The third kappa shape index (κ3) is 2.41. The van der Waals surface area contributed by atoms with E-state index in [1.165, 1.54) is 0 Å². The van der Waals surface area contributed by atoms with Gasteiger partial charge in [0.1, 0.15) is 0 Å². The summed E-state index contributed by atoms with van der Waals surface area (Å²) in [6.45, 7) is 3.88. The number of nitrogens with zero attached hydrogens (tertiary/aromatic N) is 1. The minimum absolute atomic E-state index is 0.161. The highest BCUT2D eigenvalue weighted by Crippen LogP contribution is 2.23. The second-order valence-electron chi connectivity index (χ2n) is 4.04. The molecule has 0 saturated heterocycles. The van der Waals surface area contributed by atoms with Gasteiger partial charge in [-0.3, -0.25) is 9.78 Å². The number of rotatable bonds is 3. The highest BCUT2D eigenvalue weighted by atomic mass is 16.1. The van der Waals surface area contributed by atoms with Crippen molar-refractivity contribution in [3.63, 3.8) is 0 Å². The van der Waals surface area contributed by atoms with Crippen LogP contribution in [0.15, 0.2) is 42.6 Å². The Morgan fingerprint density at radius 2 is 2.06 bits per heavy atom. The first-order chi connectivity index (χ1) is 8.22. The molecule has 0 fully saturated rings. The number of hydrogen-bond donors (Lipinski definition) is 0. The molecule has 1 aromatic carbocycles. The van der Waals surface area contributed by atoms with Gasteiger partial charge in [0.2, 0.25) is 0 Å². The molecule has 2 nitrogen and oxygen atoms in total. The van der Waals surface area contributed by atoms with Crippen LogP contribution in [0.3, 0.4) is 0 Å². The molecule has 86 valence electrons. The van der Waals surface area contributed by atoms with Crippen molar-refractivity contribution in [2.75, 3.05) is 0 Å². The standard InChI is InChI=1S/C15H15NO/c1-3-15(17)13-10-11(2)7-8-12(13)14-6-4-5-9-16-14/h4-10H,3H2,1-2H3. The Bertz CT molecular complexity index is 532. The number of carbonyl (C=O) groups excluding carboxylic acids is 1. The van der Waals surface area contributed by atoms with E-state index in [0.717, 1.165) is 22.4 Å². The summed E-state index contributed by atoms with van der Waals surface area (Å²) in [7, 11) is 0. The molecule has 2 heteroatoms. The molecule has 0 bridgehead atoms. The number of Topliss-reactive ketones (excluding diaryl/α,β-unsaturated/α-hetero) is 1. The molecule has 0 amide bonds. The molecule has 0 atom stereocenters. The Morgan fingerprint density at radius 1 is 1.24 bits per heavy atom. The number of hydrogen-bond acceptors (Lipinski definition) is 2. The van der Waals surface area contributed by atoms with Crippen molar-refractivity contribution in [2.45, 2.75) is 20.3 Å². The van der Waals surface area contributed by atoms with Gasteiger partial charge in [0.25, 0.3) is 0 Å². The largest absolute Gasteiger partial charge is 0.294 e. The summed E-state index contributed by atoms with van der Waals surface area (Å²) in [6, 6.07) is 11.7. The Hall–Kier alpha value is -1.96. The number of benzene rings is 1. The molecule has 0 aliphatic rings. The topological polar surface area (TPSA) is 30.0 Å². The third-order valence-corrected chi connectivity index (χ3v) is 2.74. The molecule has 0 N–H and O–H groups in total. The summed E-state index contributed by atoms with van der Waals surface area (Å²) >= 11 is 0. The van der Waals surface area contributed by atoms with E-state index in [9.17, 15) is 4.79 Å². The van der Waals surface area contributed by atoms with Crippen molar-refractivity contribution in [1.29, 1.82) is 0 Å². The van der Waals surface area contributed by atoms with Crippen molar-refractivity contribution < 1.29 is 4.79 Å². The Labute approximate surface area is 101 Å². The minimum atomic E-state index is 0.161. The maximum absolute atomic E-state index is 11.9. The van der Waals surface area contributed by atoms with E-state index in [4.69, 9.17) is 0 Å². The van der Waals surface area contributed by atoms with Crippen LogP contribution in [-0.4, -0.2) is 10.8 Å². The second-order valence-corrected chi connectivity index (χ2v) is 4.04. The van der Waals surface area contributed by atoms with Crippen LogP contribution >= 0.6 is 0 Å². The number of pyridine rings is 1. The lowest BCUT2D eigenvalue weighted by Crippen LogP contribution is -2.01. The van der Waals surface area contributed by atoms with Gasteiger partial charge in [-0.1, -0.05) is 30.7 Å². The van der Waals surface area contributed by atoms with Gasteiger partial charge in [-0.25, -0.2) is 0 Å². The van der Waals surface area contributed by atoms with Crippen LogP contribution in [0.25, 0.3) is 11.3 Å². The predicted molar refractivity (Wildman–Crippen MR) is 69.0 cm³/mol. The summed E-state index contributed by atoms with van der Waals surface area (Å²) < 4.78 is 0. The summed E-state index contributed by atoms with van der Waals surface area (Å²) in [5, 5.41) is 0. The molecule has 0 aliphatic carbocycles. The van der Waals surface area contributed by atoms with Crippen molar-refractivity contribution in [3.8, 4) is 11.3 Å². The highest BCUT2D eigenvalue weighted by Gasteiger charge is 2.11. The van der Waals surface area contributed by atoms with E-state index in [1.807, 2.05) is 50.2 Å². The molecule has 0 unspecified atom stereocenters. The minimum Gasteiger partial charge on any atom is -0.294 e. The highest BCUT2D eigenvalue weighted by molar-refractivity contribution is 6.01. The van der Waals surface area contributed by atoms with Crippen LogP contribution in [0, 0.1) is 6.92 Å². The molecule has 17 heavy (non-hydrogen) atoms. The molecular weight excluding hydrogens is 210 g/mol. The molecule has 2 aromatic rings. The molecule has 0 radical (unpaired) electrons. The zero-order valence-corrected chi connectivity index (χ0v) is 10.1.